The second-order valence-electron chi connectivity index (χ2n) is 4.72. The van der Waals surface area contributed by atoms with E-state index in [4.69, 9.17) is 5.26 Å². The number of hydrogen-bond acceptors (Lipinski definition) is 3. The van der Waals surface area contributed by atoms with Crippen LogP contribution in [0.25, 0.3) is 0 Å². The maximum atomic E-state index is 13.1. The van der Waals surface area contributed by atoms with Gasteiger partial charge in [0.2, 0.25) is 0 Å². The van der Waals surface area contributed by atoms with Crippen LogP contribution in [-0.2, 0) is 0 Å². The predicted octanol–water partition coefficient (Wildman–Crippen LogP) is 1.86. The quantitative estimate of drug-likeness (QED) is 0.882. The van der Waals surface area contributed by atoms with Crippen LogP contribution in [0.4, 0.5) is 4.39 Å². The normalized spacial score (nSPS) is 21.7. The molecule has 1 aliphatic heterocycles. The number of likely N-dealkylation sites (tertiary alicyclic amines) is 1. The van der Waals surface area contributed by atoms with Crippen molar-refractivity contribution >= 4 is 0 Å². The lowest BCUT2D eigenvalue weighted by molar-refractivity contribution is 0.265. The fourth-order valence-corrected chi connectivity index (χ4v) is 2.40. The SMILES string of the molecule is CN[C@H](CN1CC[C@H](F)C1)c1cccc(C#N)c1. The number of halogens is 1. The molecular weight excluding hydrogens is 229 g/mol. The summed E-state index contributed by atoms with van der Waals surface area (Å²) in [6.07, 6.45) is -0.0535. The van der Waals surface area contributed by atoms with Gasteiger partial charge in [-0.1, -0.05) is 12.1 Å². The third kappa shape index (κ3) is 3.06. The van der Waals surface area contributed by atoms with Crippen LogP contribution in [0.3, 0.4) is 0 Å². The molecule has 1 saturated heterocycles. The van der Waals surface area contributed by atoms with Crippen LogP contribution in [0.2, 0.25) is 0 Å². The van der Waals surface area contributed by atoms with E-state index < -0.39 is 6.17 Å². The summed E-state index contributed by atoms with van der Waals surface area (Å²) in [7, 11) is 1.90. The maximum absolute atomic E-state index is 13.1. The summed E-state index contributed by atoms with van der Waals surface area (Å²) in [4.78, 5) is 2.13. The first kappa shape index (κ1) is 13.0. The van der Waals surface area contributed by atoms with Crippen molar-refractivity contribution in [3.05, 3.63) is 35.4 Å². The number of benzene rings is 1. The van der Waals surface area contributed by atoms with E-state index in [1.165, 1.54) is 0 Å². The van der Waals surface area contributed by atoms with Gasteiger partial charge >= 0.3 is 0 Å². The monoisotopic (exact) mass is 247 g/mol. The Balaban J connectivity index is 2.06. The molecule has 0 amide bonds. The van der Waals surface area contributed by atoms with E-state index in [-0.39, 0.29) is 6.04 Å². The van der Waals surface area contributed by atoms with Gasteiger partial charge in [0, 0.05) is 25.7 Å². The van der Waals surface area contributed by atoms with Crippen LogP contribution >= 0.6 is 0 Å². The predicted molar refractivity (Wildman–Crippen MR) is 68.9 cm³/mol. The van der Waals surface area contributed by atoms with E-state index in [2.05, 4.69) is 16.3 Å². The van der Waals surface area contributed by atoms with Crippen molar-refractivity contribution in [3.63, 3.8) is 0 Å². The average Bonchev–Trinajstić information content (AvgIpc) is 2.81. The molecular formula is C14H18FN3. The standard InChI is InChI=1S/C14H18FN3/c1-17-14(10-18-6-5-13(15)9-18)12-4-2-3-11(7-12)8-16/h2-4,7,13-14,17H,5-6,9-10H2,1H3/t13-,14+/m0/s1. The van der Waals surface area contributed by atoms with Crippen molar-refractivity contribution in [2.24, 2.45) is 0 Å². The molecule has 4 heteroatoms. The zero-order valence-corrected chi connectivity index (χ0v) is 10.6. The topological polar surface area (TPSA) is 39.1 Å². The number of rotatable bonds is 4. The van der Waals surface area contributed by atoms with Crippen molar-refractivity contribution in [3.8, 4) is 6.07 Å². The molecule has 1 heterocycles. The zero-order valence-electron chi connectivity index (χ0n) is 10.6. The van der Waals surface area contributed by atoms with Crippen molar-refractivity contribution in [2.75, 3.05) is 26.7 Å². The zero-order chi connectivity index (χ0) is 13.0. The first-order valence-corrected chi connectivity index (χ1v) is 6.26. The molecule has 3 nitrogen and oxygen atoms in total. The smallest absolute Gasteiger partial charge is 0.114 e. The van der Waals surface area contributed by atoms with Crippen LogP contribution in [0.15, 0.2) is 24.3 Å². The van der Waals surface area contributed by atoms with Gasteiger partial charge in [-0.2, -0.15) is 5.26 Å². The highest BCUT2D eigenvalue weighted by atomic mass is 19.1. The maximum Gasteiger partial charge on any atom is 0.114 e. The van der Waals surface area contributed by atoms with Gasteiger partial charge in [-0.05, 0) is 31.2 Å². The Morgan fingerprint density at radius 1 is 1.61 bits per heavy atom. The summed E-state index contributed by atoms with van der Waals surface area (Å²) < 4.78 is 13.1. The Hall–Kier alpha value is -1.44. The van der Waals surface area contributed by atoms with Crippen LogP contribution in [-0.4, -0.2) is 37.8 Å². The fourth-order valence-electron chi connectivity index (χ4n) is 2.40. The van der Waals surface area contributed by atoms with Gasteiger partial charge < -0.3 is 5.32 Å². The molecule has 1 aromatic rings. The van der Waals surface area contributed by atoms with E-state index in [0.29, 0.717) is 18.5 Å². The molecule has 18 heavy (non-hydrogen) atoms. The minimum absolute atomic E-state index is 0.142. The minimum atomic E-state index is -0.687. The number of hydrogen-bond donors (Lipinski definition) is 1. The highest BCUT2D eigenvalue weighted by Gasteiger charge is 2.24. The van der Waals surface area contributed by atoms with E-state index in [9.17, 15) is 4.39 Å². The molecule has 0 spiro atoms. The Morgan fingerprint density at radius 3 is 3.06 bits per heavy atom. The van der Waals surface area contributed by atoms with E-state index in [1.54, 1.807) is 6.07 Å². The first-order valence-electron chi connectivity index (χ1n) is 6.26. The molecule has 0 unspecified atom stereocenters. The summed E-state index contributed by atoms with van der Waals surface area (Å²) in [5, 5.41) is 12.1. The Bertz CT molecular complexity index is 441. The van der Waals surface area contributed by atoms with E-state index >= 15 is 0 Å². The van der Waals surface area contributed by atoms with Gasteiger partial charge in [-0.15, -0.1) is 0 Å². The molecule has 96 valence electrons. The molecule has 0 bridgehead atoms. The van der Waals surface area contributed by atoms with Gasteiger partial charge in [0.1, 0.15) is 6.17 Å². The van der Waals surface area contributed by atoms with Gasteiger partial charge in [0.15, 0.2) is 0 Å². The van der Waals surface area contributed by atoms with Crippen LogP contribution in [0.1, 0.15) is 23.6 Å². The lowest BCUT2D eigenvalue weighted by Gasteiger charge is -2.23. The minimum Gasteiger partial charge on any atom is -0.312 e. The second-order valence-corrected chi connectivity index (χ2v) is 4.72. The number of nitrogens with one attached hydrogen (secondary N) is 1. The Morgan fingerprint density at radius 2 is 2.44 bits per heavy atom. The summed E-state index contributed by atoms with van der Waals surface area (Å²) in [5.74, 6) is 0. The molecule has 2 atom stereocenters. The van der Waals surface area contributed by atoms with Gasteiger partial charge in [-0.3, -0.25) is 4.90 Å². The van der Waals surface area contributed by atoms with E-state index in [0.717, 1.165) is 18.7 Å². The summed E-state index contributed by atoms with van der Waals surface area (Å²) in [6.45, 7) is 2.12. The fraction of sp³-hybridized carbons (Fsp3) is 0.500. The number of alkyl halides is 1. The Kier molecular flexibility index (Phi) is 4.29. The summed E-state index contributed by atoms with van der Waals surface area (Å²) in [6, 6.07) is 9.87. The molecule has 2 rings (SSSR count). The highest BCUT2D eigenvalue weighted by molar-refractivity contribution is 5.34. The average molecular weight is 247 g/mol. The molecule has 1 N–H and O–H groups in total. The molecule has 0 radical (unpaired) electrons. The van der Waals surface area contributed by atoms with Crippen LogP contribution < -0.4 is 5.32 Å². The molecule has 0 aliphatic carbocycles. The summed E-state index contributed by atoms with van der Waals surface area (Å²) in [5.41, 5.74) is 1.75. The number of nitrogens with zero attached hydrogens (tertiary/aromatic N) is 2. The molecule has 1 aliphatic rings. The van der Waals surface area contributed by atoms with Crippen LogP contribution in [0, 0.1) is 11.3 Å². The largest absolute Gasteiger partial charge is 0.312 e. The third-order valence-corrected chi connectivity index (χ3v) is 3.42. The van der Waals surface area contributed by atoms with Crippen molar-refractivity contribution in [2.45, 2.75) is 18.6 Å². The first-order chi connectivity index (χ1) is 8.72. The lowest BCUT2D eigenvalue weighted by atomic mass is 10.0. The lowest BCUT2D eigenvalue weighted by Crippen LogP contribution is -2.32. The molecule has 0 aromatic heterocycles. The molecule has 1 aromatic carbocycles. The van der Waals surface area contributed by atoms with E-state index in [1.807, 2.05) is 25.2 Å². The van der Waals surface area contributed by atoms with Crippen molar-refractivity contribution in [1.82, 2.24) is 10.2 Å². The van der Waals surface area contributed by atoms with Gasteiger partial charge in [0.25, 0.3) is 0 Å². The third-order valence-electron chi connectivity index (χ3n) is 3.42. The second kappa shape index (κ2) is 5.94. The van der Waals surface area contributed by atoms with Gasteiger partial charge in [-0.25, -0.2) is 4.39 Å². The van der Waals surface area contributed by atoms with Gasteiger partial charge in [0.05, 0.1) is 11.6 Å². The molecule has 1 fully saturated rings. The molecule has 0 saturated carbocycles. The van der Waals surface area contributed by atoms with Crippen molar-refractivity contribution < 1.29 is 4.39 Å². The highest BCUT2D eigenvalue weighted by Crippen LogP contribution is 2.19. The summed E-state index contributed by atoms with van der Waals surface area (Å²) >= 11 is 0. The number of nitriles is 1. The Labute approximate surface area is 107 Å². The number of likely N-dealkylation sites (N-methyl/N-ethyl adjacent to an activating group) is 1. The van der Waals surface area contributed by atoms with Crippen LogP contribution in [0.5, 0.6) is 0 Å². The van der Waals surface area contributed by atoms with Crippen molar-refractivity contribution in [1.29, 1.82) is 5.26 Å².